The lowest BCUT2D eigenvalue weighted by Crippen LogP contribution is -2.03. The van der Waals surface area contributed by atoms with E-state index in [2.05, 4.69) is 61.1 Å². The molecule has 0 spiro atoms. The molecule has 2 saturated carbocycles. The summed E-state index contributed by atoms with van der Waals surface area (Å²) in [5.41, 5.74) is 4.68. The monoisotopic (exact) mass is 462 g/mol. The molecule has 4 aromatic rings. The van der Waals surface area contributed by atoms with E-state index in [1.807, 2.05) is 18.2 Å². The SMILES string of the molecule is Clc1cccc(C2CC2SNc2cc(NCc3cn4cc(C5CC5)ccc4n3)ncn2)c1. The zero-order valence-corrected chi connectivity index (χ0v) is 19.0. The van der Waals surface area contributed by atoms with E-state index in [-0.39, 0.29) is 0 Å². The quantitative estimate of drug-likeness (QED) is 0.318. The number of nitrogens with zero attached hydrogens (tertiary/aromatic N) is 4. The predicted octanol–water partition coefficient (Wildman–Crippen LogP) is 5.88. The minimum Gasteiger partial charge on any atom is -0.364 e. The van der Waals surface area contributed by atoms with E-state index in [0.29, 0.717) is 17.7 Å². The molecule has 8 heteroatoms. The van der Waals surface area contributed by atoms with Crippen molar-refractivity contribution in [2.24, 2.45) is 0 Å². The third kappa shape index (κ3) is 4.40. The van der Waals surface area contributed by atoms with Gasteiger partial charge in [0.25, 0.3) is 0 Å². The number of anilines is 2. The van der Waals surface area contributed by atoms with Crippen LogP contribution < -0.4 is 10.0 Å². The molecule has 3 heterocycles. The fraction of sp³-hybridized carbons (Fsp3) is 0.292. The van der Waals surface area contributed by atoms with Crippen molar-refractivity contribution in [1.29, 1.82) is 0 Å². The molecule has 6 rings (SSSR count). The van der Waals surface area contributed by atoms with Crippen molar-refractivity contribution in [2.45, 2.75) is 42.9 Å². The molecular formula is C24H23ClN6S. The zero-order valence-electron chi connectivity index (χ0n) is 17.4. The van der Waals surface area contributed by atoms with Crippen LogP contribution in [0.2, 0.25) is 5.02 Å². The van der Waals surface area contributed by atoms with Crippen LogP contribution in [-0.4, -0.2) is 24.6 Å². The largest absolute Gasteiger partial charge is 0.364 e. The topological polar surface area (TPSA) is 67.1 Å². The van der Waals surface area contributed by atoms with Gasteiger partial charge in [0.2, 0.25) is 0 Å². The number of nitrogens with one attached hydrogen (secondary N) is 2. The van der Waals surface area contributed by atoms with Crippen LogP contribution in [0.4, 0.5) is 11.6 Å². The molecule has 2 atom stereocenters. The van der Waals surface area contributed by atoms with Crippen molar-refractivity contribution >= 4 is 40.8 Å². The molecule has 0 amide bonds. The molecule has 2 N–H and O–H groups in total. The lowest BCUT2D eigenvalue weighted by molar-refractivity contribution is 1.04. The van der Waals surface area contributed by atoms with Crippen LogP contribution in [0.5, 0.6) is 0 Å². The number of fused-ring (bicyclic) bond motifs is 1. The van der Waals surface area contributed by atoms with E-state index in [9.17, 15) is 0 Å². The average molecular weight is 463 g/mol. The van der Waals surface area contributed by atoms with Gasteiger partial charge in [-0.3, -0.25) is 0 Å². The van der Waals surface area contributed by atoms with Crippen LogP contribution in [0.1, 0.15) is 47.9 Å². The fourth-order valence-electron chi connectivity index (χ4n) is 4.02. The van der Waals surface area contributed by atoms with Crippen LogP contribution in [-0.2, 0) is 6.54 Å². The van der Waals surface area contributed by atoms with Crippen LogP contribution in [0, 0.1) is 0 Å². The van der Waals surface area contributed by atoms with Gasteiger partial charge < -0.3 is 14.4 Å². The molecule has 0 aliphatic heterocycles. The van der Waals surface area contributed by atoms with E-state index in [1.54, 1.807) is 18.3 Å². The van der Waals surface area contributed by atoms with Crippen molar-refractivity contribution in [2.75, 3.05) is 10.0 Å². The fourth-order valence-corrected chi connectivity index (χ4v) is 5.23. The maximum absolute atomic E-state index is 6.12. The average Bonchev–Trinajstić information content (AvgIpc) is 3.73. The molecule has 32 heavy (non-hydrogen) atoms. The maximum Gasteiger partial charge on any atom is 0.141 e. The Morgan fingerprint density at radius 1 is 1.03 bits per heavy atom. The minimum absolute atomic E-state index is 0.526. The van der Waals surface area contributed by atoms with E-state index in [4.69, 9.17) is 16.6 Å². The van der Waals surface area contributed by atoms with E-state index >= 15 is 0 Å². The zero-order chi connectivity index (χ0) is 21.5. The summed E-state index contributed by atoms with van der Waals surface area (Å²) in [7, 11) is 0. The molecule has 0 bridgehead atoms. The lowest BCUT2D eigenvalue weighted by atomic mass is 10.1. The highest BCUT2D eigenvalue weighted by atomic mass is 35.5. The molecule has 162 valence electrons. The normalized spacial score (nSPS) is 19.8. The van der Waals surface area contributed by atoms with Crippen LogP contribution >= 0.6 is 23.5 Å². The first-order valence-corrected chi connectivity index (χ1v) is 12.2. The summed E-state index contributed by atoms with van der Waals surface area (Å²) in [4.78, 5) is 13.4. The molecule has 0 radical (unpaired) electrons. The Balaban J connectivity index is 1.05. The highest BCUT2D eigenvalue weighted by Crippen LogP contribution is 2.49. The second-order valence-corrected chi connectivity index (χ2v) is 10.0. The standard InChI is InChI=1S/C24H23ClN6S/c25-18-3-1-2-16(8-18)20-9-21(20)32-30-23-10-22(27-14-28-23)26-11-19-13-31-12-17(15-4-5-15)6-7-24(31)29-19/h1-3,6-8,10,12-15,20-21H,4-5,9,11H2,(H2,26,27,28,30). The van der Waals surface area contributed by atoms with Gasteiger partial charge in [0, 0.05) is 28.7 Å². The lowest BCUT2D eigenvalue weighted by Gasteiger charge is -2.07. The van der Waals surface area contributed by atoms with Gasteiger partial charge in [-0.15, -0.1) is 0 Å². The van der Waals surface area contributed by atoms with Gasteiger partial charge in [-0.25, -0.2) is 15.0 Å². The van der Waals surface area contributed by atoms with E-state index in [0.717, 1.165) is 40.3 Å². The second kappa shape index (κ2) is 8.30. The van der Waals surface area contributed by atoms with E-state index in [1.165, 1.54) is 24.0 Å². The van der Waals surface area contributed by atoms with Gasteiger partial charge in [0.1, 0.15) is 23.6 Å². The molecule has 3 aromatic heterocycles. The van der Waals surface area contributed by atoms with Gasteiger partial charge >= 0.3 is 0 Å². The van der Waals surface area contributed by atoms with Crippen molar-refractivity contribution in [3.63, 3.8) is 0 Å². The van der Waals surface area contributed by atoms with Gasteiger partial charge in [-0.05, 0) is 72.4 Å². The van der Waals surface area contributed by atoms with Crippen molar-refractivity contribution < 1.29 is 0 Å². The summed E-state index contributed by atoms with van der Waals surface area (Å²) in [5.74, 6) is 2.86. The van der Waals surface area contributed by atoms with Gasteiger partial charge in [0.15, 0.2) is 0 Å². The third-order valence-corrected chi connectivity index (χ3v) is 7.40. The summed E-state index contributed by atoms with van der Waals surface area (Å²) >= 11 is 7.83. The summed E-state index contributed by atoms with van der Waals surface area (Å²) in [5, 5.41) is 4.69. The maximum atomic E-state index is 6.12. The third-order valence-electron chi connectivity index (χ3n) is 6.01. The molecule has 1 aromatic carbocycles. The number of hydrogen-bond acceptors (Lipinski definition) is 6. The van der Waals surface area contributed by atoms with Crippen molar-refractivity contribution in [1.82, 2.24) is 19.4 Å². The first-order chi connectivity index (χ1) is 15.7. The molecule has 2 aliphatic rings. The van der Waals surface area contributed by atoms with Crippen molar-refractivity contribution in [3.05, 3.63) is 83.0 Å². The number of hydrogen-bond donors (Lipinski definition) is 2. The Morgan fingerprint density at radius 3 is 2.81 bits per heavy atom. The number of halogens is 1. The molecule has 6 nitrogen and oxygen atoms in total. The van der Waals surface area contributed by atoms with Gasteiger partial charge in [-0.2, -0.15) is 0 Å². The Bertz CT molecular complexity index is 1270. The molecule has 2 unspecified atom stereocenters. The van der Waals surface area contributed by atoms with Crippen LogP contribution in [0.25, 0.3) is 5.65 Å². The Hall–Kier alpha value is -2.77. The number of benzene rings is 1. The summed E-state index contributed by atoms with van der Waals surface area (Å²) in [6.07, 6.45) is 9.64. The van der Waals surface area contributed by atoms with Gasteiger partial charge in [-0.1, -0.05) is 29.8 Å². The number of aromatic nitrogens is 4. The smallest absolute Gasteiger partial charge is 0.141 e. The minimum atomic E-state index is 0.526. The molecule has 0 saturated heterocycles. The predicted molar refractivity (Wildman–Crippen MR) is 130 cm³/mol. The molecular weight excluding hydrogens is 440 g/mol. The summed E-state index contributed by atoms with van der Waals surface area (Å²) < 4.78 is 5.50. The molecule has 2 aliphatic carbocycles. The Morgan fingerprint density at radius 2 is 1.94 bits per heavy atom. The summed E-state index contributed by atoms with van der Waals surface area (Å²) in [6, 6.07) is 14.4. The first-order valence-electron chi connectivity index (χ1n) is 10.9. The van der Waals surface area contributed by atoms with Crippen LogP contribution in [0.15, 0.2) is 61.2 Å². The Kier molecular flexibility index (Phi) is 5.15. The number of imidazole rings is 1. The highest BCUT2D eigenvalue weighted by Gasteiger charge is 2.39. The highest BCUT2D eigenvalue weighted by molar-refractivity contribution is 8.01. The second-order valence-electron chi connectivity index (χ2n) is 8.53. The summed E-state index contributed by atoms with van der Waals surface area (Å²) in [6.45, 7) is 0.615. The number of rotatable bonds is 8. The first kappa shape index (κ1) is 19.9. The molecule has 2 fully saturated rings. The van der Waals surface area contributed by atoms with E-state index < -0.39 is 0 Å². The van der Waals surface area contributed by atoms with Crippen molar-refractivity contribution in [3.8, 4) is 0 Å². The van der Waals surface area contributed by atoms with Gasteiger partial charge in [0.05, 0.1) is 12.2 Å². The number of pyridine rings is 1. The van der Waals surface area contributed by atoms with Crippen LogP contribution in [0.3, 0.4) is 0 Å². The Labute approximate surface area is 196 Å².